The fourth-order valence-corrected chi connectivity index (χ4v) is 3.92. The van der Waals surface area contributed by atoms with E-state index in [2.05, 4.69) is 5.32 Å². The molecule has 0 unspecified atom stereocenters. The lowest BCUT2D eigenvalue weighted by Crippen LogP contribution is -2.41. The van der Waals surface area contributed by atoms with E-state index in [1.165, 1.54) is 0 Å². The highest BCUT2D eigenvalue weighted by Crippen LogP contribution is 2.30. The molecule has 0 saturated carbocycles. The Morgan fingerprint density at radius 3 is 2.34 bits per heavy atom. The van der Waals surface area contributed by atoms with Crippen molar-refractivity contribution in [2.75, 3.05) is 31.3 Å². The van der Waals surface area contributed by atoms with Gasteiger partial charge in [0.2, 0.25) is 15.9 Å². The summed E-state index contributed by atoms with van der Waals surface area (Å²) < 4.78 is 36.4. The summed E-state index contributed by atoms with van der Waals surface area (Å²) in [6.07, 6.45) is 1.10. The van der Waals surface area contributed by atoms with Crippen LogP contribution in [0.25, 0.3) is 0 Å². The Morgan fingerprint density at radius 1 is 1.10 bits per heavy atom. The number of anilines is 1. The zero-order chi connectivity index (χ0) is 21.8. The molecule has 29 heavy (non-hydrogen) atoms. The number of hydrogen-bond donors (Lipinski definition) is 1. The molecule has 8 heteroatoms. The maximum absolute atomic E-state index is 12.7. The standard InChI is InChI=1S/C21H28N2O5S/c1-14-8-7-9-18(15(14)2)23(29(6,25)26)13-21(24)22-16(3)17-10-11-19(27-4)20(12-17)28-5/h7-12,16H,13H2,1-6H3,(H,22,24)/t16-/m1/s1. The number of rotatable bonds is 8. The highest BCUT2D eigenvalue weighted by Gasteiger charge is 2.24. The van der Waals surface area contributed by atoms with E-state index in [4.69, 9.17) is 9.47 Å². The first-order chi connectivity index (χ1) is 13.6. The van der Waals surface area contributed by atoms with Gasteiger partial charge >= 0.3 is 0 Å². The molecule has 0 saturated heterocycles. The summed E-state index contributed by atoms with van der Waals surface area (Å²) in [5.74, 6) is 0.741. The molecule has 1 N–H and O–H groups in total. The topological polar surface area (TPSA) is 84.9 Å². The first-order valence-electron chi connectivity index (χ1n) is 9.13. The molecular weight excluding hydrogens is 392 g/mol. The van der Waals surface area contributed by atoms with Gasteiger partial charge in [-0.1, -0.05) is 18.2 Å². The summed E-state index contributed by atoms with van der Waals surface area (Å²) in [6.45, 7) is 5.26. The molecule has 0 aliphatic rings. The Balaban J connectivity index is 2.21. The number of hydrogen-bond acceptors (Lipinski definition) is 5. The smallest absolute Gasteiger partial charge is 0.241 e. The normalized spacial score (nSPS) is 12.2. The van der Waals surface area contributed by atoms with Crippen molar-refractivity contribution in [2.45, 2.75) is 26.8 Å². The summed E-state index contributed by atoms with van der Waals surface area (Å²) >= 11 is 0. The molecule has 0 bridgehead atoms. The Hall–Kier alpha value is -2.74. The van der Waals surface area contributed by atoms with Crippen LogP contribution in [-0.4, -0.2) is 41.3 Å². The Kier molecular flexibility index (Phi) is 7.13. The summed E-state index contributed by atoms with van der Waals surface area (Å²) in [6, 6.07) is 10.4. The van der Waals surface area contributed by atoms with E-state index in [0.717, 1.165) is 27.3 Å². The van der Waals surface area contributed by atoms with E-state index < -0.39 is 15.9 Å². The highest BCUT2D eigenvalue weighted by atomic mass is 32.2. The molecule has 0 aliphatic carbocycles. The van der Waals surface area contributed by atoms with E-state index in [-0.39, 0.29) is 12.6 Å². The Labute approximate surface area is 172 Å². The van der Waals surface area contributed by atoms with Crippen molar-refractivity contribution in [1.29, 1.82) is 0 Å². The van der Waals surface area contributed by atoms with Crippen LogP contribution in [0.15, 0.2) is 36.4 Å². The van der Waals surface area contributed by atoms with Crippen molar-refractivity contribution >= 4 is 21.6 Å². The molecule has 158 valence electrons. The Morgan fingerprint density at radius 2 is 1.76 bits per heavy atom. The van der Waals surface area contributed by atoms with E-state index in [1.807, 2.05) is 32.9 Å². The molecule has 0 heterocycles. The minimum atomic E-state index is -3.64. The predicted molar refractivity (Wildman–Crippen MR) is 114 cm³/mol. The van der Waals surface area contributed by atoms with Crippen LogP contribution in [0, 0.1) is 13.8 Å². The molecule has 0 radical (unpaired) electrons. The lowest BCUT2D eigenvalue weighted by atomic mass is 10.1. The maximum Gasteiger partial charge on any atom is 0.241 e. The molecule has 1 atom stereocenters. The third-order valence-electron chi connectivity index (χ3n) is 4.82. The number of nitrogens with one attached hydrogen (secondary N) is 1. The van der Waals surface area contributed by atoms with E-state index >= 15 is 0 Å². The van der Waals surface area contributed by atoms with Gasteiger partial charge in [-0.15, -0.1) is 0 Å². The predicted octanol–water partition coefficient (Wildman–Crippen LogP) is 2.96. The lowest BCUT2D eigenvalue weighted by molar-refractivity contribution is -0.120. The number of amides is 1. The highest BCUT2D eigenvalue weighted by molar-refractivity contribution is 7.92. The van der Waals surface area contributed by atoms with Crippen LogP contribution in [0.1, 0.15) is 29.7 Å². The minimum Gasteiger partial charge on any atom is -0.493 e. The van der Waals surface area contributed by atoms with E-state index in [0.29, 0.717) is 17.2 Å². The Bertz CT molecular complexity index is 989. The third-order valence-corrected chi connectivity index (χ3v) is 5.94. The SMILES string of the molecule is COc1ccc([C@@H](C)NC(=O)CN(c2cccc(C)c2C)S(C)(=O)=O)cc1OC. The first kappa shape index (κ1) is 22.5. The summed E-state index contributed by atoms with van der Waals surface area (Å²) in [7, 11) is -0.544. The zero-order valence-corrected chi connectivity index (χ0v) is 18.5. The second-order valence-corrected chi connectivity index (χ2v) is 8.80. The molecule has 0 fully saturated rings. The van der Waals surface area contributed by atoms with Crippen molar-refractivity contribution in [3.8, 4) is 11.5 Å². The van der Waals surface area contributed by atoms with Gasteiger partial charge in [0.05, 0.1) is 32.2 Å². The lowest BCUT2D eigenvalue weighted by Gasteiger charge is -2.25. The fraction of sp³-hybridized carbons (Fsp3) is 0.381. The van der Waals surface area contributed by atoms with Gasteiger partial charge in [-0.25, -0.2) is 8.42 Å². The van der Waals surface area contributed by atoms with Gasteiger partial charge < -0.3 is 14.8 Å². The van der Waals surface area contributed by atoms with E-state index in [9.17, 15) is 13.2 Å². The number of sulfonamides is 1. The average molecular weight is 421 g/mol. The number of nitrogens with zero attached hydrogens (tertiary/aromatic N) is 1. The quantitative estimate of drug-likeness (QED) is 0.710. The van der Waals surface area contributed by atoms with Crippen molar-refractivity contribution in [3.05, 3.63) is 53.1 Å². The molecule has 0 aromatic heterocycles. The number of benzene rings is 2. The van der Waals surface area contributed by atoms with E-state index in [1.54, 1.807) is 38.5 Å². The molecule has 2 aromatic carbocycles. The van der Waals surface area contributed by atoms with Crippen LogP contribution >= 0.6 is 0 Å². The molecule has 1 amide bonds. The molecule has 2 aromatic rings. The fourth-order valence-electron chi connectivity index (χ4n) is 3.01. The van der Waals surface area contributed by atoms with Crippen LogP contribution in [0.3, 0.4) is 0 Å². The number of methoxy groups -OCH3 is 2. The van der Waals surface area contributed by atoms with Crippen molar-refractivity contribution < 1.29 is 22.7 Å². The first-order valence-corrected chi connectivity index (χ1v) is 11.0. The van der Waals surface area contributed by atoms with Gasteiger partial charge in [0.1, 0.15) is 6.54 Å². The average Bonchev–Trinajstić information content (AvgIpc) is 2.67. The number of aryl methyl sites for hydroxylation is 1. The van der Waals surface area contributed by atoms with Crippen LogP contribution in [0.2, 0.25) is 0 Å². The number of ether oxygens (including phenoxy) is 2. The van der Waals surface area contributed by atoms with Gasteiger partial charge in [-0.2, -0.15) is 0 Å². The van der Waals surface area contributed by atoms with Crippen molar-refractivity contribution in [3.63, 3.8) is 0 Å². The second kappa shape index (κ2) is 9.17. The second-order valence-electron chi connectivity index (χ2n) is 6.89. The monoisotopic (exact) mass is 420 g/mol. The van der Waals surface area contributed by atoms with Gasteiger partial charge in [0.15, 0.2) is 11.5 Å². The number of carbonyl (C=O) groups excluding carboxylic acids is 1. The van der Waals surface area contributed by atoms with Gasteiger partial charge in [-0.05, 0) is 55.7 Å². The molecular formula is C21H28N2O5S. The van der Waals surface area contributed by atoms with Crippen LogP contribution in [0.5, 0.6) is 11.5 Å². The van der Waals surface area contributed by atoms with Gasteiger partial charge in [-0.3, -0.25) is 9.10 Å². The summed E-state index contributed by atoms with van der Waals surface area (Å²) in [5.41, 5.74) is 3.09. The number of carbonyl (C=O) groups is 1. The zero-order valence-electron chi connectivity index (χ0n) is 17.6. The molecule has 7 nitrogen and oxygen atoms in total. The van der Waals surface area contributed by atoms with Crippen LogP contribution < -0.4 is 19.1 Å². The van der Waals surface area contributed by atoms with Crippen molar-refractivity contribution in [1.82, 2.24) is 5.32 Å². The maximum atomic E-state index is 12.7. The minimum absolute atomic E-state index is 0.305. The van der Waals surface area contributed by atoms with Gasteiger partial charge in [0, 0.05) is 0 Å². The largest absolute Gasteiger partial charge is 0.493 e. The molecule has 2 rings (SSSR count). The molecule has 0 spiro atoms. The summed E-state index contributed by atoms with van der Waals surface area (Å²) in [5, 5.41) is 2.85. The van der Waals surface area contributed by atoms with Crippen LogP contribution in [-0.2, 0) is 14.8 Å². The summed E-state index contributed by atoms with van der Waals surface area (Å²) in [4.78, 5) is 12.7. The van der Waals surface area contributed by atoms with Gasteiger partial charge in [0.25, 0.3) is 0 Å². The third kappa shape index (κ3) is 5.41. The van der Waals surface area contributed by atoms with Crippen LogP contribution in [0.4, 0.5) is 5.69 Å². The van der Waals surface area contributed by atoms with Crippen molar-refractivity contribution in [2.24, 2.45) is 0 Å². The molecule has 0 aliphatic heterocycles.